The van der Waals surface area contributed by atoms with E-state index in [-0.39, 0.29) is 18.7 Å². The lowest BCUT2D eigenvalue weighted by Gasteiger charge is -2.09. The van der Waals surface area contributed by atoms with E-state index >= 15 is 0 Å². The molecule has 1 heterocycles. The van der Waals surface area contributed by atoms with E-state index in [1.165, 1.54) is 18.4 Å². The molecule has 0 fully saturated rings. The predicted molar refractivity (Wildman–Crippen MR) is 81.1 cm³/mol. The Balaban J connectivity index is 1.78. The molecule has 0 aliphatic rings. The second-order valence-electron chi connectivity index (χ2n) is 4.99. The van der Waals surface area contributed by atoms with Gasteiger partial charge < -0.3 is 20.2 Å². The molecule has 0 saturated heterocycles. The molecule has 2 amide bonds. The zero-order valence-corrected chi connectivity index (χ0v) is 12.5. The van der Waals surface area contributed by atoms with Crippen molar-refractivity contribution in [3.8, 4) is 0 Å². The summed E-state index contributed by atoms with van der Waals surface area (Å²) in [5.74, 6) is -1.85. The zero-order chi connectivity index (χ0) is 16.8. The topological polar surface area (TPSA) is 91.6 Å². The number of rotatable bonds is 5. The molecule has 0 spiro atoms. The van der Waals surface area contributed by atoms with Gasteiger partial charge in [-0.1, -0.05) is 6.07 Å². The van der Waals surface area contributed by atoms with Crippen LogP contribution in [0.5, 0.6) is 0 Å². The summed E-state index contributed by atoms with van der Waals surface area (Å²) in [6, 6.07) is 7.41. The van der Waals surface area contributed by atoms with Gasteiger partial charge in [0.2, 0.25) is 0 Å². The minimum atomic E-state index is -0.902. The van der Waals surface area contributed by atoms with Crippen LogP contribution in [-0.4, -0.2) is 23.5 Å². The third-order valence-electron chi connectivity index (χ3n) is 3.21. The van der Waals surface area contributed by atoms with Gasteiger partial charge in [0.1, 0.15) is 17.7 Å². The maximum atomic E-state index is 13.4. The normalized spacial score (nSPS) is 11.8. The number of furan rings is 1. The van der Waals surface area contributed by atoms with Crippen LogP contribution < -0.4 is 10.6 Å². The number of hydrogen-bond acceptors (Lipinski definition) is 4. The van der Waals surface area contributed by atoms with Crippen LogP contribution in [0, 0.1) is 12.7 Å². The van der Waals surface area contributed by atoms with Gasteiger partial charge in [-0.2, -0.15) is 0 Å². The standard InChI is InChI=1S/C16H17FN2O4/c1-10-4-5-11(9-12(10)17)19-16(22)15(21)18-7-6-13(20)14-3-2-8-23-14/h2-5,8-9,13,20H,6-7H2,1H3,(H,18,21)(H,19,22). The van der Waals surface area contributed by atoms with Crippen LogP contribution in [0.15, 0.2) is 41.0 Å². The number of halogens is 1. The number of anilines is 1. The molecule has 0 radical (unpaired) electrons. The Bertz CT molecular complexity index is 685. The van der Waals surface area contributed by atoms with Crippen LogP contribution in [0.3, 0.4) is 0 Å². The smallest absolute Gasteiger partial charge is 0.313 e. The average molecular weight is 320 g/mol. The van der Waals surface area contributed by atoms with Gasteiger partial charge >= 0.3 is 11.8 Å². The minimum Gasteiger partial charge on any atom is -0.467 e. The third kappa shape index (κ3) is 4.65. The summed E-state index contributed by atoms with van der Waals surface area (Å²) in [5.41, 5.74) is 0.642. The molecular formula is C16H17FN2O4. The first kappa shape index (κ1) is 16.7. The average Bonchev–Trinajstić information content (AvgIpc) is 3.05. The lowest BCUT2D eigenvalue weighted by molar-refractivity contribution is -0.136. The highest BCUT2D eigenvalue weighted by molar-refractivity contribution is 6.39. The van der Waals surface area contributed by atoms with Crippen LogP contribution in [0.4, 0.5) is 10.1 Å². The van der Waals surface area contributed by atoms with Gasteiger partial charge in [0.05, 0.1) is 6.26 Å². The first-order valence-electron chi connectivity index (χ1n) is 7.04. The summed E-state index contributed by atoms with van der Waals surface area (Å²) in [7, 11) is 0. The number of benzene rings is 1. The number of carbonyl (C=O) groups is 2. The summed E-state index contributed by atoms with van der Waals surface area (Å²) >= 11 is 0. The Morgan fingerprint density at radius 1 is 1.30 bits per heavy atom. The molecule has 2 rings (SSSR count). The third-order valence-corrected chi connectivity index (χ3v) is 3.21. The van der Waals surface area contributed by atoms with Gasteiger partial charge in [0.25, 0.3) is 0 Å². The van der Waals surface area contributed by atoms with E-state index in [1.807, 2.05) is 0 Å². The highest BCUT2D eigenvalue weighted by atomic mass is 19.1. The van der Waals surface area contributed by atoms with Crippen LogP contribution >= 0.6 is 0 Å². The molecule has 2 aromatic rings. The molecule has 1 atom stereocenters. The zero-order valence-electron chi connectivity index (χ0n) is 12.5. The molecule has 0 aliphatic heterocycles. The van der Waals surface area contributed by atoms with E-state index in [9.17, 15) is 19.1 Å². The molecule has 7 heteroatoms. The van der Waals surface area contributed by atoms with Gasteiger partial charge in [-0.15, -0.1) is 0 Å². The lowest BCUT2D eigenvalue weighted by Crippen LogP contribution is -2.36. The number of nitrogens with one attached hydrogen (secondary N) is 2. The van der Waals surface area contributed by atoms with E-state index < -0.39 is 23.7 Å². The summed E-state index contributed by atoms with van der Waals surface area (Å²) in [5, 5.41) is 14.4. The number of amides is 2. The lowest BCUT2D eigenvalue weighted by atomic mass is 10.2. The molecule has 1 aromatic carbocycles. The summed E-state index contributed by atoms with van der Waals surface area (Å²) in [4.78, 5) is 23.3. The molecule has 1 unspecified atom stereocenters. The maximum Gasteiger partial charge on any atom is 0.313 e. The summed E-state index contributed by atoms with van der Waals surface area (Å²) in [6.45, 7) is 1.69. The molecule has 0 aliphatic carbocycles. The number of aliphatic hydroxyl groups is 1. The van der Waals surface area contributed by atoms with E-state index in [1.54, 1.807) is 19.1 Å². The number of aliphatic hydroxyl groups excluding tert-OH is 1. The molecule has 3 N–H and O–H groups in total. The Morgan fingerprint density at radius 3 is 2.74 bits per heavy atom. The van der Waals surface area contributed by atoms with Gasteiger partial charge in [0.15, 0.2) is 0 Å². The maximum absolute atomic E-state index is 13.4. The van der Waals surface area contributed by atoms with Crippen LogP contribution in [-0.2, 0) is 9.59 Å². The molecule has 23 heavy (non-hydrogen) atoms. The van der Waals surface area contributed by atoms with Crippen molar-refractivity contribution < 1.29 is 23.5 Å². The van der Waals surface area contributed by atoms with E-state index in [0.29, 0.717) is 11.3 Å². The second-order valence-corrected chi connectivity index (χ2v) is 4.99. The quantitative estimate of drug-likeness (QED) is 0.734. The Kier molecular flexibility index (Phi) is 5.48. The molecule has 122 valence electrons. The number of hydrogen-bond donors (Lipinski definition) is 3. The molecular weight excluding hydrogens is 303 g/mol. The largest absolute Gasteiger partial charge is 0.467 e. The van der Waals surface area contributed by atoms with Gasteiger partial charge in [-0.3, -0.25) is 9.59 Å². The number of carbonyl (C=O) groups excluding carboxylic acids is 2. The molecule has 0 bridgehead atoms. The summed E-state index contributed by atoms with van der Waals surface area (Å²) in [6.07, 6.45) is 0.774. The first-order chi connectivity index (χ1) is 11.0. The monoisotopic (exact) mass is 320 g/mol. The predicted octanol–water partition coefficient (Wildman–Crippen LogP) is 1.91. The SMILES string of the molecule is Cc1ccc(NC(=O)C(=O)NCCC(O)c2ccco2)cc1F. The fourth-order valence-corrected chi connectivity index (χ4v) is 1.88. The van der Waals surface area contributed by atoms with Crippen molar-refractivity contribution in [2.45, 2.75) is 19.4 Å². The fourth-order valence-electron chi connectivity index (χ4n) is 1.88. The van der Waals surface area contributed by atoms with Gasteiger partial charge in [-0.05, 0) is 43.2 Å². The molecule has 1 aromatic heterocycles. The van der Waals surface area contributed by atoms with E-state index in [4.69, 9.17) is 4.42 Å². The molecule has 0 saturated carbocycles. The Hall–Kier alpha value is -2.67. The van der Waals surface area contributed by atoms with Crippen molar-refractivity contribution >= 4 is 17.5 Å². The minimum absolute atomic E-state index is 0.0936. The van der Waals surface area contributed by atoms with Gasteiger partial charge in [0, 0.05) is 12.2 Å². The highest BCUT2D eigenvalue weighted by Crippen LogP contribution is 2.16. The van der Waals surface area contributed by atoms with Crippen LogP contribution in [0.1, 0.15) is 23.8 Å². The first-order valence-corrected chi connectivity index (χ1v) is 7.04. The Labute approximate surface area is 132 Å². The second kappa shape index (κ2) is 7.55. The van der Waals surface area contributed by atoms with Crippen LogP contribution in [0.2, 0.25) is 0 Å². The van der Waals surface area contributed by atoms with E-state index in [2.05, 4.69) is 10.6 Å². The highest BCUT2D eigenvalue weighted by Gasteiger charge is 2.15. The van der Waals surface area contributed by atoms with Crippen molar-refractivity contribution in [1.29, 1.82) is 0 Å². The van der Waals surface area contributed by atoms with Crippen molar-refractivity contribution in [3.05, 3.63) is 53.7 Å². The van der Waals surface area contributed by atoms with Crippen LogP contribution in [0.25, 0.3) is 0 Å². The fraction of sp³-hybridized carbons (Fsp3) is 0.250. The van der Waals surface area contributed by atoms with E-state index in [0.717, 1.165) is 6.07 Å². The van der Waals surface area contributed by atoms with Crippen molar-refractivity contribution in [3.63, 3.8) is 0 Å². The van der Waals surface area contributed by atoms with Gasteiger partial charge in [-0.25, -0.2) is 4.39 Å². The Morgan fingerprint density at radius 2 is 2.09 bits per heavy atom. The summed E-state index contributed by atoms with van der Waals surface area (Å²) < 4.78 is 18.4. The van der Waals surface area contributed by atoms with Crippen molar-refractivity contribution in [2.24, 2.45) is 0 Å². The molecule has 6 nitrogen and oxygen atoms in total. The number of aryl methyl sites for hydroxylation is 1. The van der Waals surface area contributed by atoms with Crippen molar-refractivity contribution in [1.82, 2.24) is 5.32 Å². The van der Waals surface area contributed by atoms with Crippen molar-refractivity contribution in [2.75, 3.05) is 11.9 Å².